The van der Waals surface area contributed by atoms with E-state index in [9.17, 15) is 9.59 Å². The van der Waals surface area contributed by atoms with Gasteiger partial charge in [0.15, 0.2) is 0 Å². The van der Waals surface area contributed by atoms with Crippen LogP contribution in [0.4, 0.5) is 0 Å². The summed E-state index contributed by atoms with van der Waals surface area (Å²) in [6.07, 6.45) is 2.36. The van der Waals surface area contributed by atoms with E-state index in [1.165, 1.54) is 0 Å². The third kappa shape index (κ3) is 3.08. The fraction of sp³-hybridized carbons (Fsp3) is 0.778. The Balaban J connectivity index is 2.23. The van der Waals surface area contributed by atoms with Gasteiger partial charge in [-0.25, -0.2) is 0 Å². The largest absolute Gasteiger partial charge is 0.480 e. The van der Waals surface area contributed by atoms with E-state index < -0.39 is 12.0 Å². The van der Waals surface area contributed by atoms with Crippen LogP contribution in [0, 0.1) is 0 Å². The number of hydrogen-bond donors (Lipinski definition) is 3. The van der Waals surface area contributed by atoms with Gasteiger partial charge in [0, 0.05) is 6.42 Å². The molecule has 0 aromatic rings. The number of carboxylic acids is 1. The minimum atomic E-state index is -1.04. The summed E-state index contributed by atoms with van der Waals surface area (Å²) in [4.78, 5) is 21.8. The number of aliphatic carboxylic acids is 1. The average molecular weight is 200 g/mol. The molecule has 0 aliphatic carbocycles. The van der Waals surface area contributed by atoms with Gasteiger partial charge in [-0.3, -0.25) is 9.59 Å². The van der Waals surface area contributed by atoms with Crippen molar-refractivity contribution in [1.82, 2.24) is 5.32 Å². The molecule has 5 heteroatoms. The molecule has 0 spiro atoms. The van der Waals surface area contributed by atoms with Gasteiger partial charge in [0.25, 0.3) is 0 Å². The SMILES string of the molecule is NC(CCC(=O)C1CCCN1)C(=O)O. The molecule has 1 aliphatic rings. The smallest absolute Gasteiger partial charge is 0.320 e. The van der Waals surface area contributed by atoms with Gasteiger partial charge in [-0.2, -0.15) is 0 Å². The molecular weight excluding hydrogens is 184 g/mol. The summed E-state index contributed by atoms with van der Waals surface area (Å²) in [6.45, 7) is 0.876. The Hall–Kier alpha value is -0.940. The Kier molecular flexibility index (Phi) is 4.03. The Bertz CT molecular complexity index is 224. The van der Waals surface area contributed by atoms with Gasteiger partial charge in [-0.1, -0.05) is 0 Å². The average Bonchev–Trinajstić information content (AvgIpc) is 2.66. The fourth-order valence-corrected chi connectivity index (χ4v) is 1.55. The van der Waals surface area contributed by atoms with Gasteiger partial charge in [-0.05, 0) is 25.8 Å². The van der Waals surface area contributed by atoms with Crippen molar-refractivity contribution in [3.63, 3.8) is 0 Å². The second-order valence-electron chi connectivity index (χ2n) is 3.60. The van der Waals surface area contributed by atoms with Crippen LogP contribution in [0.1, 0.15) is 25.7 Å². The van der Waals surface area contributed by atoms with E-state index in [1.807, 2.05) is 0 Å². The molecule has 1 fully saturated rings. The maximum absolute atomic E-state index is 11.5. The number of nitrogens with one attached hydrogen (secondary N) is 1. The Morgan fingerprint density at radius 2 is 2.29 bits per heavy atom. The maximum atomic E-state index is 11.5. The van der Waals surface area contributed by atoms with E-state index in [4.69, 9.17) is 10.8 Å². The lowest BCUT2D eigenvalue weighted by Crippen LogP contribution is -2.34. The van der Waals surface area contributed by atoms with Crippen LogP contribution in [0.2, 0.25) is 0 Å². The van der Waals surface area contributed by atoms with Gasteiger partial charge >= 0.3 is 5.97 Å². The normalized spacial score (nSPS) is 23.4. The van der Waals surface area contributed by atoms with Gasteiger partial charge < -0.3 is 16.2 Å². The Labute approximate surface area is 82.7 Å². The molecule has 0 aromatic heterocycles. The van der Waals surface area contributed by atoms with E-state index in [0.717, 1.165) is 19.4 Å². The molecule has 1 heterocycles. The Morgan fingerprint density at radius 1 is 1.57 bits per heavy atom. The molecule has 0 aromatic carbocycles. The van der Waals surface area contributed by atoms with Crippen LogP contribution in [0.15, 0.2) is 0 Å². The lowest BCUT2D eigenvalue weighted by atomic mass is 10.0. The van der Waals surface area contributed by atoms with Crippen LogP contribution >= 0.6 is 0 Å². The molecular formula is C9H16N2O3. The standard InChI is InChI=1S/C9H16N2O3/c10-6(9(13)14)3-4-8(12)7-2-1-5-11-7/h6-7,11H,1-5,10H2,(H,13,14). The highest BCUT2D eigenvalue weighted by atomic mass is 16.4. The van der Waals surface area contributed by atoms with Crippen LogP contribution in [-0.4, -0.2) is 35.5 Å². The molecule has 5 nitrogen and oxygen atoms in total. The molecule has 2 atom stereocenters. The highest BCUT2D eigenvalue weighted by Crippen LogP contribution is 2.09. The predicted octanol–water partition coefficient (Wildman–Crippen LogP) is -0.500. The molecule has 80 valence electrons. The summed E-state index contributed by atoms with van der Waals surface area (Å²) in [5, 5.41) is 11.6. The monoisotopic (exact) mass is 200 g/mol. The molecule has 0 amide bonds. The van der Waals surface area contributed by atoms with Crippen molar-refractivity contribution in [2.24, 2.45) is 5.73 Å². The van der Waals surface area contributed by atoms with Crippen LogP contribution in [0.3, 0.4) is 0 Å². The number of carbonyl (C=O) groups excluding carboxylic acids is 1. The first kappa shape index (κ1) is 11.1. The van der Waals surface area contributed by atoms with Crippen molar-refractivity contribution in [3.8, 4) is 0 Å². The zero-order valence-corrected chi connectivity index (χ0v) is 8.03. The summed E-state index contributed by atoms with van der Waals surface area (Å²) in [5.41, 5.74) is 5.29. The van der Waals surface area contributed by atoms with Gasteiger partial charge in [-0.15, -0.1) is 0 Å². The Morgan fingerprint density at radius 3 is 2.79 bits per heavy atom. The first-order chi connectivity index (χ1) is 6.61. The highest BCUT2D eigenvalue weighted by molar-refractivity contribution is 5.85. The lowest BCUT2D eigenvalue weighted by molar-refractivity contribution is -0.138. The fourth-order valence-electron chi connectivity index (χ4n) is 1.55. The minimum absolute atomic E-state index is 0.0732. The summed E-state index contributed by atoms with van der Waals surface area (Å²) in [5.74, 6) is -0.962. The maximum Gasteiger partial charge on any atom is 0.320 e. The predicted molar refractivity (Wildman–Crippen MR) is 50.9 cm³/mol. The zero-order chi connectivity index (χ0) is 10.6. The molecule has 0 radical (unpaired) electrons. The third-order valence-corrected chi connectivity index (χ3v) is 2.47. The van der Waals surface area contributed by atoms with E-state index in [1.54, 1.807) is 0 Å². The summed E-state index contributed by atoms with van der Waals surface area (Å²) >= 11 is 0. The number of nitrogens with two attached hydrogens (primary N) is 1. The van der Waals surface area contributed by atoms with Crippen molar-refractivity contribution in [1.29, 1.82) is 0 Å². The number of ketones is 1. The van der Waals surface area contributed by atoms with Crippen molar-refractivity contribution >= 4 is 11.8 Å². The number of hydrogen-bond acceptors (Lipinski definition) is 4. The van der Waals surface area contributed by atoms with E-state index >= 15 is 0 Å². The van der Waals surface area contributed by atoms with Crippen molar-refractivity contribution in [2.75, 3.05) is 6.54 Å². The van der Waals surface area contributed by atoms with Crippen LogP contribution in [0.25, 0.3) is 0 Å². The number of Topliss-reactive ketones (excluding diaryl/α,β-unsaturated/α-hetero) is 1. The van der Waals surface area contributed by atoms with Crippen molar-refractivity contribution in [3.05, 3.63) is 0 Å². The highest BCUT2D eigenvalue weighted by Gasteiger charge is 2.23. The lowest BCUT2D eigenvalue weighted by Gasteiger charge is -2.10. The molecule has 1 aliphatic heterocycles. The van der Waals surface area contributed by atoms with Gasteiger partial charge in [0.1, 0.15) is 11.8 Å². The second-order valence-corrected chi connectivity index (χ2v) is 3.60. The number of carbonyl (C=O) groups is 2. The molecule has 2 unspecified atom stereocenters. The van der Waals surface area contributed by atoms with E-state index in [0.29, 0.717) is 0 Å². The van der Waals surface area contributed by atoms with Crippen LogP contribution < -0.4 is 11.1 Å². The number of carboxylic acid groups (broad SMARTS) is 1. The molecule has 14 heavy (non-hydrogen) atoms. The van der Waals surface area contributed by atoms with Gasteiger partial charge in [0.2, 0.25) is 0 Å². The molecule has 4 N–H and O–H groups in total. The van der Waals surface area contributed by atoms with Crippen LogP contribution in [0.5, 0.6) is 0 Å². The molecule has 1 rings (SSSR count). The summed E-state index contributed by atoms with van der Waals surface area (Å²) in [6, 6.07) is -0.989. The van der Waals surface area contributed by atoms with Gasteiger partial charge in [0.05, 0.1) is 6.04 Å². The van der Waals surface area contributed by atoms with Crippen LogP contribution in [-0.2, 0) is 9.59 Å². The first-order valence-corrected chi connectivity index (χ1v) is 4.85. The summed E-state index contributed by atoms with van der Waals surface area (Å²) in [7, 11) is 0. The zero-order valence-electron chi connectivity index (χ0n) is 8.03. The quantitative estimate of drug-likeness (QED) is 0.556. The topological polar surface area (TPSA) is 92.4 Å². The molecule has 0 bridgehead atoms. The van der Waals surface area contributed by atoms with Crippen molar-refractivity contribution < 1.29 is 14.7 Å². The second kappa shape index (κ2) is 5.07. The third-order valence-electron chi connectivity index (χ3n) is 2.47. The van der Waals surface area contributed by atoms with Crippen molar-refractivity contribution in [2.45, 2.75) is 37.8 Å². The number of rotatable bonds is 5. The minimum Gasteiger partial charge on any atom is -0.480 e. The molecule has 0 saturated carbocycles. The van der Waals surface area contributed by atoms with E-state index in [-0.39, 0.29) is 24.7 Å². The molecule has 1 saturated heterocycles. The summed E-state index contributed by atoms with van der Waals surface area (Å²) < 4.78 is 0. The first-order valence-electron chi connectivity index (χ1n) is 4.85. The van der Waals surface area contributed by atoms with E-state index in [2.05, 4.69) is 5.32 Å².